The number of rotatable bonds is 8. The molecule has 1 aliphatic rings. The first kappa shape index (κ1) is 19.6. The Hall–Kier alpha value is -2.74. The number of carbonyl (C=O) groups excluding carboxylic acids is 4. The summed E-state index contributed by atoms with van der Waals surface area (Å²) in [6.07, 6.45) is -0.431. The van der Waals surface area contributed by atoms with E-state index in [1.165, 1.54) is 25.1 Å². The van der Waals surface area contributed by atoms with Crippen LogP contribution < -0.4 is 5.32 Å². The molecule has 0 aromatic heterocycles. The van der Waals surface area contributed by atoms with Crippen molar-refractivity contribution in [2.75, 3.05) is 26.8 Å². The molecular formula is C18H22N2O6. The van der Waals surface area contributed by atoms with Gasteiger partial charge in [0.05, 0.1) is 16.7 Å². The number of imide groups is 1. The van der Waals surface area contributed by atoms with Gasteiger partial charge in [0.2, 0.25) is 0 Å². The maximum absolute atomic E-state index is 12.4. The SMILES string of the molecule is CCNC(=O)[C@@H](C)OC(=O)c1ccc2c(c1)C(=O)N(CCCOC)C2=O. The van der Waals surface area contributed by atoms with Crippen LogP contribution in [0.2, 0.25) is 0 Å². The van der Waals surface area contributed by atoms with E-state index in [-0.39, 0.29) is 23.2 Å². The second kappa shape index (κ2) is 8.57. The first-order chi connectivity index (χ1) is 12.4. The molecule has 0 fully saturated rings. The molecule has 1 aliphatic heterocycles. The molecule has 8 heteroatoms. The molecule has 1 aromatic rings. The Morgan fingerprint density at radius 2 is 1.88 bits per heavy atom. The van der Waals surface area contributed by atoms with Crippen molar-refractivity contribution in [1.29, 1.82) is 0 Å². The van der Waals surface area contributed by atoms with E-state index in [4.69, 9.17) is 9.47 Å². The van der Waals surface area contributed by atoms with E-state index < -0.39 is 29.8 Å². The van der Waals surface area contributed by atoms with Crippen molar-refractivity contribution in [3.05, 3.63) is 34.9 Å². The van der Waals surface area contributed by atoms with Gasteiger partial charge in [0.1, 0.15) is 0 Å². The summed E-state index contributed by atoms with van der Waals surface area (Å²) in [5.41, 5.74) is 0.521. The number of amides is 3. The largest absolute Gasteiger partial charge is 0.449 e. The van der Waals surface area contributed by atoms with Crippen LogP contribution in [-0.2, 0) is 14.3 Å². The van der Waals surface area contributed by atoms with Gasteiger partial charge in [-0.3, -0.25) is 19.3 Å². The number of hydrogen-bond donors (Lipinski definition) is 1. The second-order valence-electron chi connectivity index (χ2n) is 5.81. The van der Waals surface area contributed by atoms with Gasteiger partial charge in [-0.2, -0.15) is 0 Å². The Bertz CT molecular complexity index is 730. The third-order valence-electron chi connectivity index (χ3n) is 3.94. The number of benzene rings is 1. The molecule has 0 saturated heterocycles. The van der Waals surface area contributed by atoms with Crippen molar-refractivity contribution < 1.29 is 28.7 Å². The Balaban J connectivity index is 2.12. The van der Waals surface area contributed by atoms with Gasteiger partial charge in [0, 0.05) is 26.8 Å². The first-order valence-corrected chi connectivity index (χ1v) is 8.38. The Morgan fingerprint density at radius 1 is 1.19 bits per heavy atom. The minimum Gasteiger partial charge on any atom is -0.449 e. The predicted octanol–water partition coefficient (Wildman–Crippen LogP) is 1.00. The number of fused-ring (bicyclic) bond motifs is 1. The van der Waals surface area contributed by atoms with Crippen LogP contribution in [0.15, 0.2) is 18.2 Å². The van der Waals surface area contributed by atoms with Crippen molar-refractivity contribution in [3.63, 3.8) is 0 Å². The Labute approximate surface area is 151 Å². The van der Waals surface area contributed by atoms with Crippen LogP contribution in [0, 0.1) is 0 Å². The van der Waals surface area contributed by atoms with Crippen molar-refractivity contribution in [3.8, 4) is 0 Å². The van der Waals surface area contributed by atoms with Crippen LogP contribution in [-0.4, -0.2) is 61.5 Å². The monoisotopic (exact) mass is 362 g/mol. The molecule has 1 heterocycles. The van der Waals surface area contributed by atoms with Crippen LogP contribution in [0.1, 0.15) is 51.3 Å². The summed E-state index contributed by atoms with van der Waals surface area (Å²) in [4.78, 5) is 49.8. The fourth-order valence-electron chi connectivity index (χ4n) is 2.59. The van der Waals surface area contributed by atoms with E-state index in [2.05, 4.69) is 5.32 Å². The molecule has 2 rings (SSSR count). The van der Waals surface area contributed by atoms with Crippen LogP contribution in [0.4, 0.5) is 0 Å². The van der Waals surface area contributed by atoms with Crippen molar-refractivity contribution >= 4 is 23.7 Å². The molecular weight excluding hydrogens is 340 g/mol. The molecule has 0 bridgehead atoms. The summed E-state index contributed by atoms with van der Waals surface area (Å²) in [7, 11) is 1.54. The van der Waals surface area contributed by atoms with Crippen molar-refractivity contribution in [1.82, 2.24) is 10.2 Å². The van der Waals surface area contributed by atoms with Crippen molar-refractivity contribution in [2.45, 2.75) is 26.4 Å². The summed E-state index contributed by atoms with van der Waals surface area (Å²) >= 11 is 0. The van der Waals surface area contributed by atoms with E-state index >= 15 is 0 Å². The molecule has 140 valence electrons. The molecule has 0 saturated carbocycles. The van der Waals surface area contributed by atoms with Gasteiger partial charge in [-0.05, 0) is 38.5 Å². The second-order valence-corrected chi connectivity index (χ2v) is 5.81. The molecule has 0 aliphatic carbocycles. The fourth-order valence-corrected chi connectivity index (χ4v) is 2.59. The zero-order chi connectivity index (χ0) is 19.3. The number of nitrogens with zero attached hydrogens (tertiary/aromatic N) is 1. The lowest BCUT2D eigenvalue weighted by molar-refractivity contribution is -0.128. The summed E-state index contributed by atoms with van der Waals surface area (Å²) in [5.74, 6) is -1.98. The summed E-state index contributed by atoms with van der Waals surface area (Å²) < 4.78 is 10.0. The van der Waals surface area contributed by atoms with Crippen LogP contribution >= 0.6 is 0 Å². The lowest BCUT2D eigenvalue weighted by Gasteiger charge is -2.13. The molecule has 1 aromatic carbocycles. The Morgan fingerprint density at radius 3 is 2.54 bits per heavy atom. The summed E-state index contributed by atoms with van der Waals surface area (Å²) in [6.45, 7) is 4.32. The number of nitrogens with one attached hydrogen (secondary N) is 1. The molecule has 0 radical (unpaired) electrons. The summed E-state index contributed by atoms with van der Waals surface area (Å²) in [6, 6.07) is 4.17. The van der Waals surface area contributed by atoms with E-state index in [1.54, 1.807) is 14.0 Å². The highest BCUT2D eigenvalue weighted by Crippen LogP contribution is 2.24. The Kier molecular flexibility index (Phi) is 6.46. The average Bonchev–Trinajstić information content (AvgIpc) is 2.86. The molecule has 1 N–H and O–H groups in total. The average molecular weight is 362 g/mol. The predicted molar refractivity (Wildman–Crippen MR) is 91.9 cm³/mol. The highest BCUT2D eigenvalue weighted by Gasteiger charge is 2.35. The standard InChI is InChI=1S/C18H22N2O6/c1-4-19-15(21)11(2)26-18(24)12-6-7-13-14(10-12)17(23)20(16(13)22)8-5-9-25-3/h6-7,10-11H,4-5,8-9H2,1-3H3,(H,19,21)/t11-/m1/s1. The number of methoxy groups -OCH3 is 1. The molecule has 8 nitrogen and oxygen atoms in total. The number of esters is 1. The van der Waals surface area contributed by atoms with Gasteiger partial charge >= 0.3 is 5.97 Å². The lowest BCUT2D eigenvalue weighted by atomic mass is 10.1. The van der Waals surface area contributed by atoms with Gasteiger partial charge in [-0.1, -0.05) is 0 Å². The number of hydrogen-bond acceptors (Lipinski definition) is 6. The van der Waals surface area contributed by atoms with E-state index in [0.29, 0.717) is 19.6 Å². The van der Waals surface area contributed by atoms with Crippen LogP contribution in [0.5, 0.6) is 0 Å². The maximum atomic E-state index is 12.4. The summed E-state index contributed by atoms with van der Waals surface area (Å²) in [5, 5.41) is 2.55. The van der Waals surface area contributed by atoms with Gasteiger partial charge < -0.3 is 14.8 Å². The number of ether oxygens (including phenoxy) is 2. The minimum absolute atomic E-state index is 0.111. The molecule has 3 amide bonds. The highest BCUT2D eigenvalue weighted by molar-refractivity contribution is 6.22. The normalized spacial score (nSPS) is 14.2. The van der Waals surface area contributed by atoms with Gasteiger partial charge in [0.25, 0.3) is 17.7 Å². The molecule has 26 heavy (non-hydrogen) atoms. The number of carbonyl (C=O) groups is 4. The fraction of sp³-hybridized carbons (Fsp3) is 0.444. The molecule has 0 unspecified atom stereocenters. The third kappa shape index (κ3) is 4.08. The van der Waals surface area contributed by atoms with Crippen LogP contribution in [0.3, 0.4) is 0 Å². The zero-order valence-corrected chi connectivity index (χ0v) is 15.0. The smallest absolute Gasteiger partial charge is 0.338 e. The topological polar surface area (TPSA) is 102 Å². The van der Waals surface area contributed by atoms with Gasteiger partial charge in [-0.25, -0.2) is 4.79 Å². The number of likely N-dealkylation sites (N-methyl/N-ethyl adjacent to an activating group) is 1. The third-order valence-corrected chi connectivity index (χ3v) is 3.94. The molecule has 1 atom stereocenters. The quantitative estimate of drug-likeness (QED) is 0.420. The van der Waals surface area contributed by atoms with Crippen molar-refractivity contribution in [2.24, 2.45) is 0 Å². The lowest BCUT2D eigenvalue weighted by Crippen LogP contribution is -2.35. The van der Waals surface area contributed by atoms with Gasteiger partial charge in [0.15, 0.2) is 6.10 Å². The highest BCUT2D eigenvalue weighted by atomic mass is 16.5. The van der Waals surface area contributed by atoms with Crippen LogP contribution in [0.25, 0.3) is 0 Å². The first-order valence-electron chi connectivity index (χ1n) is 8.38. The van der Waals surface area contributed by atoms with E-state index in [9.17, 15) is 19.2 Å². The molecule has 0 spiro atoms. The minimum atomic E-state index is -0.960. The van der Waals surface area contributed by atoms with E-state index in [1.807, 2.05) is 0 Å². The van der Waals surface area contributed by atoms with E-state index in [0.717, 1.165) is 4.90 Å². The zero-order valence-electron chi connectivity index (χ0n) is 15.0. The van der Waals surface area contributed by atoms with Gasteiger partial charge in [-0.15, -0.1) is 0 Å². The maximum Gasteiger partial charge on any atom is 0.338 e.